The van der Waals surface area contributed by atoms with Gasteiger partial charge in [-0.3, -0.25) is 4.79 Å². The summed E-state index contributed by atoms with van der Waals surface area (Å²) < 4.78 is 1.75. The van der Waals surface area contributed by atoms with Crippen molar-refractivity contribution < 1.29 is 4.79 Å². The van der Waals surface area contributed by atoms with Crippen molar-refractivity contribution in [1.29, 1.82) is 0 Å². The van der Waals surface area contributed by atoms with Crippen LogP contribution in [0.2, 0.25) is 0 Å². The second-order valence-electron chi connectivity index (χ2n) is 5.15. The molecule has 0 spiro atoms. The Morgan fingerprint density at radius 3 is 2.50 bits per heavy atom. The quantitative estimate of drug-likeness (QED) is 0.738. The number of pyridine rings is 1. The second-order valence-corrected chi connectivity index (χ2v) is 5.15. The highest BCUT2D eigenvalue weighted by atomic mass is 16.2. The van der Waals surface area contributed by atoms with Crippen molar-refractivity contribution in [3.05, 3.63) is 60.4 Å². The van der Waals surface area contributed by atoms with E-state index in [0.29, 0.717) is 18.7 Å². The number of fused-ring (bicyclic) bond motifs is 1. The fourth-order valence-corrected chi connectivity index (χ4v) is 2.64. The summed E-state index contributed by atoms with van der Waals surface area (Å²) in [5, 5.41) is 4.29. The van der Waals surface area contributed by atoms with E-state index in [0.717, 1.165) is 16.6 Å². The zero-order valence-corrected chi connectivity index (χ0v) is 12.9. The maximum absolute atomic E-state index is 12.6. The van der Waals surface area contributed by atoms with Gasteiger partial charge in [-0.15, -0.1) is 0 Å². The standard InChI is InChI=1S/C18H19N3O/c1-3-20(4-2)18(22)16-13-19-21-11-10-15(12-17(16)21)14-8-6-5-7-9-14/h5-13H,3-4H2,1-2H3. The van der Waals surface area contributed by atoms with Crippen LogP contribution in [0.5, 0.6) is 0 Å². The molecule has 0 aliphatic rings. The largest absolute Gasteiger partial charge is 0.339 e. The minimum absolute atomic E-state index is 0.0326. The van der Waals surface area contributed by atoms with Gasteiger partial charge in [0.2, 0.25) is 0 Å². The van der Waals surface area contributed by atoms with Gasteiger partial charge in [-0.25, -0.2) is 4.52 Å². The Morgan fingerprint density at radius 1 is 1.09 bits per heavy atom. The first-order valence-corrected chi connectivity index (χ1v) is 7.56. The normalized spacial score (nSPS) is 10.8. The van der Waals surface area contributed by atoms with Crippen LogP contribution in [0.15, 0.2) is 54.9 Å². The lowest BCUT2D eigenvalue weighted by Crippen LogP contribution is -2.30. The van der Waals surface area contributed by atoms with Crippen molar-refractivity contribution >= 4 is 11.4 Å². The predicted molar refractivity (Wildman–Crippen MR) is 87.9 cm³/mol. The molecule has 0 unspecified atom stereocenters. The van der Waals surface area contributed by atoms with Gasteiger partial charge in [0.05, 0.1) is 17.3 Å². The lowest BCUT2D eigenvalue weighted by molar-refractivity contribution is 0.0775. The van der Waals surface area contributed by atoms with Gasteiger partial charge in [-0.1, -0.05) is 30.3 Å². The molecule has 2 aromatic heterocycles. The molecule has 2 heterocycles. The summed E-state index contributed by atoms with van der Waals surface area (Å²) in [5.41, 5.74) is 3.72. The SMILES string of the molecule is CCN(CC)C(=O)c1cnn2ccc(-c3ccccc3)cc12. The molecule has 0 saturated heterocycles. The highest BCUT2D eigenvalue weighted by Gasteiger charge is 2.17. The van der Waals surface area contributed by atoms with Crippen molar-refractivity contribution in [3.63, 3.8) is 0 Å². The van der Waals surface area contributed by atoms with Gasteiger partial charge < -0.3 is 4.90 Å². The van der Waals surface area contributed by atoms with E-state index >= 15 is 0 Å². The van der Waals surface area contributed by atoms with Crippen molar-refractivity contribution in [3.8, 4) is 11.1 Å². The van der Waals surface area contributed by atoms with Crippen molar-refractivity contribution in [2.24, 2.45) is 0 Å². The molecule has 4 heteroatoms. The molecular weight excluding hydrogens is 274 g/mol. The van der Waals surface area contributed by atoms with Crippen LogP contribution >= 0.6 is 0 Å². The van der Waals surface area contributed by atoms with E-state index < -0.39 is 0 Å². The molecule has 4 nitrogen and oxygen atoms in total. The molecule has 0 radical (unpaired) electrons. The zero-order chi connectivity index (χ0) is 15.5. The number of rotatable bonds is 4. The van der Waals surface area contributed by atoms with Crippen molar-refractivity contribution in [2.45, 2.75) is 13.8 Å². The average Bonchev–Trinajstić information content (AvgIpc) is 2.99. The fourth-order valence-electron chi connectivity index (χ4n) is 2.64. The summed E-state index contributed by atoms with van der Waals surface area (Å²) in [6.45, 7) is 5.38. The third-order valence-corrected chi connectivity index (χ3v) is 3.91. The second kappa shape index (κ2) is 6.02. The summed E-state index contributed by atoms with van der Waals surface area (Å²) in [6, 6.07) is 14.2. The Bertz CT molecular complexity index is 788. The molecule has 0 atom stereocenters. The van der Waals surface area contributed by atoms with E-state index in [1.807, 2.05) is 55.3 Å². The van der Waals surface area contributed by atoms with Crippen LogP contribution in [0, 0.1) is 0 Å². The van der Waals surface area contributed by atoms with Crippen molar-refractivity contribution in [1.82, 2.24) is 14.5 Å². The van der Waals surface area contributed by atoms with E-state index in [-0.39, 0.29) is 5.91 Å². The number of carbonyl (C=O) groups is 1. The van der Waals surface area contributed by atoms with E-state index in [1.165, 1.54) is 0 Å². The molecule has 22 heavy (non-hydrogen) atoms. The third kappa shape index (κ3) is 2.48. The lowest BCUT2D eigenvalue weighted by atomic mass is 10.1. The minimum Gasteiger partial charge on any atom is -0.339 e. The van der Waals surface area contributed by atoms with Crippen LogP contribution in [0.3, 0.4) is 0 Å². The van der Waals surface area contributed by atoms with E-state index in [9.17, 15) is 4.79 Å². The zero-order valence-electron chi connectivity index (χ0n) is 12.9. The Kier molecular flexibility index (Phi) is 3.92. The molecular formula is C18H19N3O. The van der Waals surface area contributed by atoms with Crippen LogP contribution < -0.4 is 0 Å². The molecule has 1 aromatic carbocycles. The van der Waals surface area contributed by atoms with Crippen LogP contribution in [-0.2, 0) is 0 Å². The van der Waals surface area contributed by atoms with Crippen LogP contribution in [0.1, 0.15) is 24.2 Å². The average molecular weight is 293 g/mol. The molecule has 0 N–H and O–H groups in total. The molecule has 0 bridgehead atoms. The van der Waals surface area contributed by atoms with Gasteiger partial charge >= 0.3 is 0 Å². The minimum atomic E-state index is 0.0326. The predicted octanol–water partition coefficient (Wildman–Crippen LogP) is 3.48. The smallest absolute Gasteiger partial charge is 0.257 e. The summed E-state index contributed by atoms with van der Waals surface area (Å²) in [7, 11) is 0. The summed E-state index contributed by atoms with van der Waals surface area (Å²) >= 11 is 0. The fraction of sp³-hybridized carbons (Fsp3) is 0.222. The number of benzene rings is 1. The van der Waals surface area contributed by atoms with Crippen LogP contribution in [0.25, 0.3) is 16.6 Å². The number of hydrogen-bond acceptors (Lipinski definition) is 2. The van der Waals surface area contributed by atoms with Crippen LogP contribution in [-0.4, -0.2) is 33.5 Å². The van der Waals surface area contributed by atoms with Crippen LogP contribution in [0.4, 0.5) is 0 Å². The third-order valence-electron chi connectivity index (χ3n) is 3.91. The maximum Gasteiger partial charge on any atom is 0.257 e. The first-order chi connectivity index (χ1) is 10.7. The first kappa shape index (κ1) is 14.3. The van der Waals surface area contributed by atoms with Crippen molar-refractivity contribution in [2.75, 3.05) is 13.1 Å². The molecule has 0 fully saturated rings. The highest BCUT2D eigenvalue weighted by Crippen LogP contribution is 2.22. The first-order valence-electron chi connectivity index (χ1n) is 7.56. The topological polar surface area (TPSA) is 37.6 Å². The Hall–Kier alpha value is -2.62. The van der Waals surface area contributed by atoms with E-state index in [2.05, 4.69) is 17.2 Å². The van der Waals surface area contributed by atoms with Gasteiger partial charge in [0.25, 0.3) is 5.91 Å². The summed E-state index contributed by atoms with van der Waals surface area (Å²) in [4.78, 5) is 14.4. The highest BCUT2D eigenvalue weighted by molar-refractivity contribution is 6.01. The van der Waals surface area contributed by atoms with Gasteiger partial charge in [-0.2, -0.15) is 5.10 Å². The number of amides is 1. The van der Waals surface area contributed by atoms with Gasteiger partial charge in [0, 0.05) is 19.3 Å². The molecule has 1 amide bonds. The molecule has 0 aliphatic carbocycles. The molecule has 0 saturated carbocycles. The summed E-state index contributed by atoms with van der Waals surface area (Å²) in [6.07, 6.45) is 3.56. The molecule has 3 rings (SSSR count). The monoisotopic (exact) mass is 293 g/mol. The number of carbonyl (C=O) groups excluding carboxylic acids is 1. The Labute approximate surface area is 130 Å². The summed E-state index contributed by atoms with van der Waals surface area (Å²) in [5.74, 6) is 0.0326. The van der Waals surface area contributed by atoms with Gasteiger partial charge in [0.15, 0.2) is 0 Å². The number of aromatic nitrogens is 2. The van der Waals surface area contributed by atoms with Gasteiger partial charge in [-0.05, 0) is 37.1 Å². The van der Waals surface area contributed by atoms with E-state index in [4.69, 9.17) is 0 Å². The number of hydrogen-bond donors (Lipinski definition) is 0. The molecule has 0 aliphatic heterocycles. The Morgan fingerprint density at radius 2 is 1.82 bits per heavy atom. The lowest BCUT2D eigenvalue weighted by Gasteiger charge is -2.17. The van der Waals surface area contributed by atoms with E-state index in [1.54, 1.807) is 10.7 Å². The number of nitrogens with zero attached hydrogens (tertiary/aromatic N) is 3. The van der Waals surface area contributed by atoms with Gasteiger partial charge in [0.1, 0.15) is 0 Å². The molecule has 3 aromatic rings. The Balaban J connectivity index is 2.08. The maximum atomic E-state index is 12.6. The molecule has 112 valence electrons.